The molecule has 0 amide bonds. The summed E-state index contributed by atoms with van der Waals surface area (Å²) in [5, 5.41) is 0. The van der Waals surface area contributed by atoms with E-state index in [1.807, 2.05) is 0 Å². The van der Waals surface area contributed by atoms with Crippen LogP contribution in [0.15, 0.2) is 0 Å². The van der Waals surface area contributed by atoms with E-state index in [0.29, 0.717) is 0 Å². The Morgan fingerprint density at radius 2 is 0.444 bits per heavy atom. The molecule has 104 valence electrons. The normalized spacial score (nSPS) is 9.67. The average molecular weight is 374 g/mol. The van der Waals surface area contributed by atoms with Gasteiger partial charge in [-0.3, -0.25) is 25.3 Å². The first-order chi connectivity index (χ1) is 6.00. The molecular formula is H4Al2O12S3Si. The summed E-state index contributed by atoms with van der Waals surface area (Å²) in [6.45, 7) is 0. The van der Waals surface area contributed by atoms with Gasteiger partial charge in [0.25, 0.3) is 0 Å². The van der Waals surface area contributed by atoms with E-state index in [1.165, 1.54) is 0 Å². The SMILES string of the molecule is O=S(=O)([O-])[O-].O=S(=O)([O-])[O-].O=S(=O)([O-])[O-].[Al+3].[Al+3].[SiH4]. The molecule has 18 heteroatoms. The van der Waals surface area contributed by atoms with E-state index in [1.54, 1.807) is 0 Å². The molecule has 0 atom stereocenters. The van der Waals surface area contributed by atoms with Gasteiger partial charge in [0.05, 0.1) is 0 Å². The molecular weight excluding hydrogens is 370 g/mol. The van der Waals surface area contributed by atoms with Gasteiger partial charge < -0.3 is 27.3 Å². The third kappa shape index (κ3) is 5360. The first-order valence-electron chi connectivity index (χ1n) is 2.00. The van der Waals surface area contributed by atoms with E-state index in [-0.39, 0.29) is 45.7 Å². The Hall–Kier alpha value is 0.892. The second-order valence-electron chi connectivity index (χ2n) is 1.22. The van der Waals surface area contributed by atoms with Gasteiger partial charge in [0, 0.05) is 31.2 Å². The zero-order chi connectivity index (χ0) is 13.5. The minimum atomic E-state index is -5.17. The summed E-state index contributed by atoms with van der Waals surface area (Å²) in [7, 11) is -15.5. The first kappa shape index (κ1) is 36.4. The molecule has 0 bridgehead atoms. The summed E-state index contributed by atoms with van der Waals surface area (Å²) < 4.78 is 102. The summed E-state index contributed by atoms with van der Waals surface area (Å²) in [5.41, 5.74) is 0. The fourth-order valence-electron chi connectivity index (χ4n) is 0. The van der Waals surface area contributed by atoms with E-state index >= 15 is 0 Å². The molecule has 12 nitrogen and oxygen atoms in total. The molecule has 18 heavy (non-hydrogen) atoms. The van der Waals surface area contributed by atoms with Crippen LogP contribution >= 0.6 is 0 Å². The van der Waals surface area contributed by atoms with Crippen molar-refractivity contribution in [3.05, 3.63) is 0 Å². The maximum Gasteiger partial charge on any atom is 3.00 e. The van der Waals surface area contributed by atoms with Gasteiger partial charge in [-0.05, 0) is 11.0 Å². The second-order valence-corrected chi connectivity index (χ2v) is 3.67. The van der Waals surface area contributed by atoms with Crippen LogP contribution in [-0.2, 0) is 31.2 Å². The van der Waals surface area contributed by atoms with Gasteiger partial charge in [-0.25, -0.2) is 0 Å². The van der Waals surface area contributed by atoms with Crippen molar-refractivity contribution in [1.29, 1.82) is 0 Å². The summed E-state index contributed by atoms with van der Waals surface area (Å²) >= 11 is 0. The van der Waals surface area contributed by atoms with Crippen molar-refractivity contribution >= 4 is 76.9 Å². The maximum atomic E-state index is 8.52. The molecule has 0 aromatic carbocycles. The van der Waals surface area contributed by atoms with Crippen molar-refractivity contribution in [1.82, 2.24) is 0 Å². The second kappa shape index (κ2) is 14.3. The molecule has 0 radical (unpaired) electrons. The van der Waals surface area contributed by atoms with Gasteiger partial charge >= 0.3 is 34.7 Å². The van der Waals surface area contributed by atoms with Crippen LogP contribution in [0.1, 0.15) is 0 Å². The molecule has 0 aliphatic heterocycles. The third-order valence-electron chi connectivity index (χ3n) is 0. The Morgan fingerprint density at radius 1 is 0.444 bits per heavy atom. The van der Waals surface area contributed by atoms with Crippen LogP contribution in [0.5, 0.6) is 0 Å². The number of hydrogen-bond acceptors (Lipinski definition) is 12. The standard InChI is InChI=1S/2Al.3H2O4S.H4Si/c;;3*1-5(2,3)4;/h;;3*(H2,1,2,3,4);1H4/q2*+3;;;;/p-6. The minimum absolute atomic E-state index is 0. The largest absolute Gasteiger partial charge is 3.00 e. The van der Waals surface area contributed by atoms with Gasteiger partial charge in [-0.15, -0.1) is 0 Å². The van der Waals surface area contributed by atoms with Crippen molar-refractivity contribution < 1.29 is 52.6 Å². The van der Waals surface area contributed by atoms with E-state index < -0.39 is 31.2 Å². The smallest absolute Gasteiger partial charge is 0.759 e. The fraction of sp³-hybridized carbons (Fsp3) is 0. The molecule has 0 aromatic heterocycles. The van der Waals surface area contributed by atoms with Crippen LogP contribution in [0.2, 0.25) is 0 Å². The van der Waals surface area contributed by atoms with E-state index in [2.05, 4.69) is 0 Å². The summed E-state index contributed by atoms with van der Waals surface area (Å²) in [4.78, 5) is 0. The number of hydrogen-bond donors (Lipinski definition) is 0. The fourth-order valence-corrected chi connectivity index (χ4v) is 0. The Bertz CT molecular complexity index is 346. The Labute approximate surface area is 129 Å². The van der Waals surface area contributed by atoms with E-state index in [0.717, 1.165) is 0 Å². The Morgan fingerprint density at radius 3 is 0.444 bits per heavy atom. The predicted molar refractivity (Wildman–Crippen MR) is 54.3 cm³/mol. The minimum Gasteiger partial charge on any atom is -0.759 e. The molecule has 0 heterocycles. The zero-order valence-electron chi connectivity index (χ0n) is 7.28. The summed E-state index contributed by atoms with van der Waals surface area (Å²) in [6.07, 6.45) is 0. The van der Waals surface area contributed by atoms with Crippen LogP contribution in [0.4, 0.5) is 0 Å². The monoisotopic (exact) mass is 374 g/mol. The Kier molecular flexibility index (Phi) is 28.9. The van der Waals surface area contributed by atoms with E-state index in [4.69, 9.17) is 52.6 Å². The van der Waals surface area contributed by atoms with Crippen molar-refractivity contribution in [2.75, 3.05) is 0 Å². The summed E-state index contributed by atoms with van der Waals surface area (Å²) in [6, 6.07) is 0. The molecule has 0 spiro atoms. The molecule has 0 saturated heterocycles. The molecule has 0 aliphatic rings. The summed E-state index contributed by atoms with van der Waals surface area (Å²) in [5.74, 6) is 0. The van der Waals surface area contributed by atoms with Gasteiger partial charge in [0.2, 0.25) is 0 Å². The molecule has 0 fully saturated rings. The Balaban J connectivity index is -0.0000000277. The van der Waals surface area contributed by atoms with Crippen molar-refractivity contribution in [3.8, 4) is 0 Å². The third-order valence-corrected chi connectivity index (χ3v) is 0. The van der Waals surface area contributed by atoms with Crippen LogP contribution in [0.25, 0.3) is 0 Å². The van der Waals surface area contributed by atoms with Crippen LogP contribution in [0, 0.1) is 0 Å². The van der Waals surface area contributed by atoms with Crippen LogP contribution in [0.3, 0.4) is 0 Å². The van der Waals surface area contributed by atoms with Crippen molar-refractivity contribution in [2.45, 2.75) is 0 Å². The topological polar surface area (TPSA) is 241 Å². The van der Waals surface area contributed by atoms with Crippen LogP contribution in [-0.4, -0.2) is 98.3 Å². The van der Waals surface area contributed by atoms with Gasteiger partial charge in [-0.2, -0.15) is 0 Å². The van der Waals surface area contributed by atoms with Crippen LogP contribution < -0.4 is 0 Å². The van der Waals surface area contributed by atoms with Gasteiger partial charge in [0.1, 0.15) is 0 Å². The molecule has 0 unspecified atom stereocenters. The van der Waals surface area contributed by atoms with Gasteiger partial charge in [-0.1, -0.05) is 0 Å². The molecule has 0 aromatic rings. The average Bonchev–Trinajstić information content (AvgIpc) is 1.41. The first-order valence-corrected chi connectivity index (χ1v) is 6.00. The molecule has 0 rings (SSSR count). The van der Waals surface area contributed by atoms with Crippen molar-refractivity contribution in [3.63, 3.8) is 0 Å². The molecule has 0 N–H and O–H groups in total. The number of rotatable bonds is 0. The molecule has 0 saturated carbocycles. The van der Waals surface area contributed by atoms with E-state index in [9.17, 15) is 0 Å². The maximum absolute atomic E-state index is 8.52. The van der Waals surface area contributed by atoms with Gasteiger partial charge in [0.15, 0.2) is 0 Å². The quantitative estimate of drug-likeness (QED) is 0.218. The van der Waals surface area contributed by atoms with Crippen molar-refractivity contribution in [2.24, 2.45) is 0 Å². The zero-order valence-corrected chi connectivity index (χ0v) is 12.0. The predicted octanol–water partition coefficient (Wildman–Crippen LogP) is -6.23. The molecule has 0 aliphatic carbocycles.